The lowest BCUT2D eigenvalue weighted by molar-refractivity contribution is -0.119. The molecule has 0 saturated carbocycles. The summed E-state index contributed by atoms with van der Waals surface area (Å²) in [4.78, 5) is 12.3. The molecular weight excluding hydrogens is 366 g/mol. The first kappa shape index (κ1) is 19.8. The van der Waals surface area contributed by atoms with Gasteiger partial charge in [0, 0.05) is 32.7 Å². The van der Waals surface area contributed by atoms with Crippen LogP contribution in [-0.2, 0) is 24.8 Å². The molecular formula is C15H23N3O5S2. The monoisotopic (exact) mass is 389 g/mol. The Kier molecular flexibility index (Phi) is 6.55. The number of nitrogens with one attached hydrogen (secondary N) is 1. The molecule has 1 amide bonds. The Hall–Kier alpha value is -1.49. The summed E-state index contributed by atoms with van der Waals surface area (Å²) < 4.78 is 53.3. The number of piperazine rings is 1. The molecule has 25 heavy (non-hydrogen) atoms. The van der Waals surface area contributed by atoms with Gasteiger partial charge < -0.3 is 4.90 Å². The van der Waals surface area contributed by atoms with Crippen LogP contribution in [0.5, 0.6) is 0 Å². The van der Waals surface area contributed by atoms with Crippen LogP contribution in [0.2, 0.25) is 0 Å². The number of hydrogen-bond acceptors (Lipinski definition) is 5. The molecule has 0 spiro atoms. The molecule has 2 rings (SSSR count). The SMILES string of the molecule is CCCCNS(=O)(=O)c1ccc(S(=O)(=O)N2CCN(C=O)CC2)cc1. The van der Waals surface area contributed by atoms with E-state index in [-0.39, 0.29) is 22.9 Å². The number of unbranched alkanes of at least 4 members (excludes halogenated alkanes) is 1. The fourth-order valence-electron chi connectivity index (χ4n) is 2.46. The topological polar surface area (TPSA) is 104 Å². The van der Waals surface area contributed by atoms with E-state index in [1.807, 2.05) is 6.92 Å². The fourth-order valence-corrected chi connectivity index (χ4v) is 4.95. The first-order valence-electron chi connectivity index (χ1n) is 8.10. The van der Waals surface area contributed by atoms with Crippen LogP contribution in [-0.4, -0.2) is 65.2 Å². The van der Waals surface area contributed by atoms with Crippen LogP contribution >= 0.6 is 0 Å². The molecule has 1 heterocycles. The summed E-state index contributed by atoms with van der Waals surface area (Å²) in [6.45, 7) is 3.44. The van der Waals surface area contributed by atoms with Gasteiger partial charge in [-0.3, -0.25) is 4.79 Å². The zero-order valence-electron chi connectivity index (χ0n) is 14.1. The van der Waals surface area contributed by atoms with Crippen LogP contribution in [0, 0.1) is 0 Å². The van der Waals surface area contributed by atoms with Crippen molar-refractivity contribution in [3.05, 3.63) is 24.3 Å². The van der Waals surface area contributed by atoms with E-state index in [2.05, 4.69) is 4.72 Å². The largest absolute Gasteiger partial charge is 0.343 e. The second-order valence-corrected chi connectivity index (χ2v) is 9.47. The van der Waals surface area contributed by atoms with Gasteiger partial charge in [0.05, 0.1) is 9.79 Å². The Balaban J connectivity index is 2.12. The Labute approximate surface area is 148 Å². The van der Waals surface area contributed by atoms with Gasteiger partial charge in [0.15, 0.2) is 0 Å². The van der Waals surface area contributed by atoms with Crippen LogP contribution in [0.4, 0.5) is 0 Å². The van der Waals surface area contributed by atoms with Gasteiger partial charge in [-0.1, -0.05) is 13.3 Å². The van der Waals surface area contributed by atoms with Crippen molar-refractivity contribution in [2.45, 2.75) is 29.6 Å². The smallest absolute Gasteiger partial charge is 0.243 e. The number of nitrogens with zero attached hydrogens (tertiary/aromatic N) is 2. The lowest BCUT2D eigenvalue weighted by Crippen LogP contribution is -2.47. The Morgan fingerprint density at radius 2 is 1.56 bits per heavy atom. The average molecular weight is 389 g/mol. The number of benzene rings is 1. The van der Waals surface area contributed by atoms with Gasteiger partial charge in [-0.25, -0.2) is 21.6 Å². The van der Waals surface area contributed by atoms with Crippen molar-refractivity contribution in [2.24, 2.45) is 0 Å². The van der Waals surface area contributed by atoms with E-state index in [0.29, 0.717) is 26.0 Å². The highest BCUT2D eigenvalue weighted by atomic mass is 32.2. The van der Waals surface area contributed by atoms with E-state index in [9.17, 15) is 21.6 Å². The Bertz CT molecular complexity index is 783. The highest BCUT2D eigenvalue weighted by molar-refractivity contribution is 7.89. The second kappa shape index (κ2) is 8.26. The number of sulfonamides is 2. The van der Waals surface area contributed by atoms with Crippen molar-refractivity contribution >= 4 is 26.5 Å². The summed E-state index contributed by atoms with van der Waals surface area (Å²) in [7, 11) is -7.34. The first-order chi connectivity index (χ1) is 11.8. The zero-order valence-corrected chi connectivity index (χ0v) is 15.7. The number of carbonyl (C=O) groups excluding carboxylic acids is 1. The molecule has 0 radical (unpaired) electrons. The summed E-state index contributed by atoms with van der Waals surface area (Å²) in [6.07, 6.45) is 2.31. The lowest BCUT2D eigenvalue weighted by atomic mass is 10.3. The molecule has 1 fully saturated rings. The van der Waals surface area contributed by atoms with Gasteiger partial charge in [-0.05, 0) is 30.7 Å². The zero-order chi connectivity index (χ0) is 18.5. The third kappa shape index (κ3) is 4.78. The van der Waals surface area contributed by atoms with Crippen molar-refractivity contribution < 1.29 is 21.6 Å². The first-order valence-corrected chi connectivity index (χ1v) is 11.0. The highest BCUT2D eigenvalue weighted by Gasteiger charge is 2.28. The lowest BCUT2D eigenvalue weighted by Gasteiger charge is -2.31. The molecule has 1 aliphatic rings. The minimum absolute atomic E-state index is 0.0355. The van der Waals surface area contributed by atoms with Gasteiger partial charge in [-0.2, -0.15) is 4.31 Å². The summed E-state index contributed by atoms with van der Waals surface area (Å²) in [5, 5.41) is 0. The summed E-state index contributed by atoms with van der Waals surface area (Å²) in [5.74, 6) is 0. The maximum atomic E-state index is 12.6. The van der Waals surface area contributed by atoms with Crippen LogP contribution < -0.4 is 4.72 Å². The van der Waals surface area contributed by atoms with Gasteiger partial charge in [-0.15, -0.1) is 0 Å². The molecule has 0 aliphatic carbocycles. The Morgan fingerprint density at radius 3 is 2.08 bits per heavy atom. The minimum Gasteiger partial charge on any atom is -0.343 e. The summed E-state index contributed by atoms with van der Waals surface area (Å²) in [5.41, 5.74) is 0. The van der Waals surface area contributed by atoms with Gasteiger partial charge in [0.2, 0.25) is 26.5 Å². The molecule has 1 aromatic carbocycles. The standard InChI is InChI=1S/C15H23N3O5S2/c1-2-3-8-16-24(20,21)14-4-6-15(7-5-14)25(22,23)18-11-9-17(13-19)10-12-18/h4-7,13,16H,2-3,8-12H2,1H3. The molecule has 1 aromatic rings. The third-order valence-corrected chi connectivity index (χ3v) is 7.41. The summed E-state index contributed by atoms with van der Waals surface area (Å²) >= 11 is 0. The predicted octanol–water partition coefficient (Wildman–Crippen LogP) is 0.228. The molecule has 1 saturated heterocycles. The van der Waals surface area contributed by atoms with Crippen LogP contribution in [0.1, 0.15) is 19.8 Å². The van der Waals surface area contributed by atoms with E-state index in [1.54, 1.807) is 0 Å². The molecule has 1 aliphatic heterocycles. The van der Waals surface area contributed by atoms with Crippen LogP contribution in [0.15, 0.2) is 34.1 Å². The molecule has 0 atom stereocenters. The van der Waals surface area contributed by atoms with Gasteiger partial charge in [0.1, 0.15) is 0 Å². The number of amides is 1. The summed E-state index contributed by atoms with van der Waals surface area (Å²) in [6, 6.07) is 5.19. The van der Waals surface area contributed by atoms with Crippen LogP contribution in [0.25, 0.3) is 0 Å². The molecule has 0 bridgehead atoms. The second-order valence-electron chi connectivity index (χ2n) is 5.77. The molecule has 10 heteroatoms. The van der Waals surface area contributed by atoms with E-state index in [0.717, 1.165) is 12.8 Å². The molecule has 0 unspecified atom stereocenters. The maximum Gasteiger partial charge on any atom is 0.243 e. The number of hydrogen-bond donors (Lipinski definition) is 1. The van der Waals surface area contributed by atoms with E-state index in [4.69, 9.17) is 0 Å². The normalized spacial score (nSPS) is 16.8. The van der Waals surface area contributed by atoms with E-state index >= 15 is 0 Å². The number of carbonyl (C=O) groups is 1. The minimum atomic E-state index is -3.70. The van der Waals surface area contributed by atoms with Crippen molar-refractivity contribution in [2.75, 3.05) is 32.7 Å². The molecule has 8 nitrogen and oxygen atoms in total. The van der Waals surface area contributed by atoms with Crippen molar-refractivity contribution in [1.29, 1.82) is 0 Å². The predicted molar refractivity (Wildman–Crippen MR) is 92.9 cm³/mol. The van der Waals surface area contributed by atoms with Gasteiger partial charge in [0.25, 0.3) is 0 Å². The van der Waals surface area contributed by atoms with E-state index < -0.39 is 20.0 Å². The Morgan fingerprint density at radius 1 is 1.00 bits per heavy atom. The quantitative estimate of drug-likeness (QED) is 0.506. The van der Waals surface area contributed by atoms with Crippen molar-refractivity contribution in [3.63, 3.8) is 0 Å². The molecule has 1 N–H and O–H groups in total. The highest BCUT2D eigenvalue weighted by Crippen LogP contribution is 2.19. The third-order valence-electron chi connectivity index (χ3n) is 4.02. The van der Waals surface area contributed by atoms with E-state index in [1.165, 1.54) is 33.5 Å². The van der Waals surface area contributed by atoms with Crippen LogP contribution in [0.3, 0.4) is 0 Å². The van der Waals surface area contributed by atoms with Gasteiger partial charge >= 0.3 is 0 Å². The average Bonchev–Trinajstić information content (AvgIpc) is 2.62. The maximum absolute atomic E-state index is 12.6. The fraction of sp³-hybridized carbons (Fsp3) is 0.533. The van der Waals surface area contributed by atoms with Crippen molar-refractivity contribution in [3.8, 4) is 0 Å². The number of rotatable bonds is 8. The van der Waals surface area contributed by atoms with Crippen molar-refractivity contribution in [1.82, 2.24) is 13.9 Å². The molecule has 140 valence electrons. The molecule has 0 aromatic heterocycles.